The van der Waals surface area contributed by atoms with Gasteiger partial charge in [-0.05, 0) is 28.8 Å². The fraction of sp³-hybridized carbons (Fsp3) is 0.500. The Hall–Kier alpha value is -1.47. The third kappa shape index (κ3) is 4.78. The van der Waals surface area contributed by atoms with Crippen molar-refractivity contribution in [2.75, 3.05) is 26.1 Å². The molecule has 21 heavy (non-hydrogen) atoms. The first-order valence-electron chi connectivity index (χ1n) is 6.52. The molecule has 1 rings (SSSR count). The molecule has 0 fully saturated rings. The van der Waals surface area contributed by atoms with E-state index in [9.17, 15) is 4.79 Å². The van der Waals surface area contributed by atoms with E-state index in [0.29, 0.717) is 21.7 Å². The lowest BCUT2D eigenvalue weighted by Crippen LogP contribution is -2.40. The SMILES string of the molecule is COc1cc(Br)c(NC(=O)NC(C)C(C)CO)cc1OC. The summed E-state index contributed by atoms with van der Waals surface area (Å²) in [4.78, 5) is 12.0. The maximum absolute atomic E-state index is 12.0. The molecule has 0 aliphatic carbocycles. The van der Waals surface area contributed by atoms with Crippen LogP contribution in [0.3, 0.4) is 0 Å². The lowest BCUT2D eigenvalue weighted by Gasteiger charge is -2.20. The second-order valence-electron chi connectivity index (χ2n) is 4.73. The highest BCUT2D eigenvalue weighted by molar-refractivity contribution is 9.10. The van der Waals surface area contributed by atoms with Crippen LogP contribution in [0.1, 0.15) is 13.8 Å². The zero-order valence-corrected chi connectivity index (χ0v) is 14.2. The number of urea groups is 1. The number of amides is 2. The molecule has 0 saturated heterocycles. The van der Waals surface area contributed by atoms with Gasteiger partial charge in [0.25, 0.3) is 0 Å². The topological polar surface area (TPSA) is 79.8 Å². The standard InChI is InChI=1S/C14H21BrN2O4/c1-8(7-18)9(2)16-14(19)17-11-6-13(21-4)12(20-3)5-10(11)15/h5-6,8-9,18H,7H2,1-4H3,(H2,16,17,19). The van der Waals surface area contributed by atoms with E-state index in [1.54, 1.807) is 19.2 Å². The summed E-state index contributed by atoms with van der Waals surface area (Å²) in [6.45, 7) is 3.71. The van der Waals surface area contributed by atoms with Crippen LogP contribution in [0.25, 0.3) is 0 Å². The number of benzene rings is 1. The Bertz CT molecular complexity index is 496. The van der Waals surface area contributed by atoms with Crippen LogP contribution in [0, 0.1) is 5.92 Å². The molecule has 1 aromatic rings. The summed E-state index contributed by atoms with van der Waals surface area (Å²) in [5, 5.41) is 14.6. The monoisotopic (exact) mass is 360 g/mol. The lowest BCUT2D eigenvalue weighted by atomic mass is 10.1. The molecule has 7 heteroatoms. The van der Waals surface area contributed by atoms with Gasteiger partial charge in [0.15, 0.2) is 11.5 Å². The minimum Gasteiger partial charge on any atom is -0.493 e. The number of aliphatic hydroxyl groups is 1. The number of halogens is 1. The van der Waals surface area contributed by atoms with Crippen LogP contribution >= 0.6 is 15.9 Å². The van der Waals surface area contributed by atoms with Crippen molar-refractivity contribution in [2.45, 2.75) is 19.9 Å². The van der Waals surface area contributed by atoms with Gasteiger partial charge in [0, 0.05) is 29.3 Å². The molecular weight excluding hydrogens is 340 g/mol. The van der Waals surface area contributed by atoms with Crippen molar-refractivity contribution in [3.8, 4) is 11.5 Å². The Morgan fingerprint density at radius 1 is 1.29 bits per heavy atom. The molecule has 2 unspecified atom stereocenters. The highest BCUT2D eigenvalue weighted by Gasteiger charge is 2.16. The number of rotatable bonds is 6. The fourth-order valence-electron chi connectivity index (χ4n) is 1.62. The summed E-state index contributed by atoms with van der Waals surface area (Å²) in [5.74, 6) is 1.06. The van der Waals surface area contributed by atoms with E-state index in [1.807, 2.05) is 13.8 Å². The van der Waals surface area contributed by atoms with Crippen LogP contribution in [0.15, 0.2) is 16.6 Å². The molecule has 2 atom stereocenters. The van der Waals surface area contributed by atoms with Gasteiger partial charge in [-0.1, -0.05) is 6.92 Å². The summed E-state index contributed by atoms with van der Waals surface area (Å²) in [5.41, 5.74) is 0.564. The number of aliphatic hydroxyl groups excluding tert-OH is 1. The average Bonchev–Trinajstić information content (AvgIpc) is 2.47. The summed E-state index contributed by atoms with van der Waals surface area (Å²) >= 11 is 3.37. The number of carbonyl (C=O) groups excluding carboxylic acids is 1. The predicted molar refractivity (Wildman–Crippen MR) is 85.1 cm³/mol. The normalized spacial score (nSPS) is 13.2. The maximum Gasteiger partial charge on any atom is 0.319 e. The van der Waals surface area contributed by atoms with Crippen LogP contribution in [-0.2, 0) is 0 Å². The third-order valence-corrected chi connectivity index (χ3v) is 3.88. The highest BCUT2D eigenvalue weighted by atomic mass is 79.9. The van der Waals surface area contributed by atoms with Gasteiger partial charge < -0.3 is 25.2 Å². The average molecular weight is 361 g/mol. The maximum atomic E-state index is 12.0. The first-order chi connectivity index (χ1) is 9.92. The lowest BCUT2D eigenvalue weighted by molar-refractivity contribution is 0.204. The van der Waals surface area contributed by atoms with Gasteiger partial charge in [0.2, 0.25) is 0 Å². The molecule has 0 heterocycles. The van der Waals surface area contributed by atoms with Gasteiger partial charge in [-0.2, -0.15) is 0 Å². The van der Waals surface area contributed by atoms with Crippen molar-refractivity contribution in [2.24, 2.45) is 5.92 Å². The number of methoxy groups -OCH3 is 2. The van der Waals surface area contributed by atoms with E-state index in [4.69, 9.17) is 14.6 Å². The molecule has 3 N–H and O–H groups in total. The summed E-state index contributed by atoms with van der Waals surface area (Å²) in [6.07, 6.45) is 0. The van der Waals surface area contributed by atoms with Crippen LogP contribution in [0.4, 0.5) is 10.5 Å². The van der Waals surface area contributed by atoms with Gasteiger partial charge in [0.05, 0.1) is 19.9 Å². The third-order valence-electron chi connectivity index (χ3n) is 3.22. The number of hydrogen-bond donors (Lipinski definition) is 3. The second kappa shape index (κ2) is 8.09. The van der Waals surface area contributed by atoms with Crippen LogP contribution in [0.5, 0.6) is 11.5 Å². The molecule has 0 saturated carbocycles. The van der Waals surface area contributed by atoms with E-state index in [2.05, 4.69) is 26.6 Å². The molecule has 0 bridgehead atoms. The van der Waals surface area contributed by atoms with Gasteiger partial charge in [-0.3, -0.25) is 0 Å². The van der Waals surface area contributed by atoms with E-state index in [-0.39, 0.29) is 24.6 Å². The number of hydrogen-bond acceptors (Lipinski definition) is 4. The van der Waals surface area contributed by atoms with Crippen molar-refractivity contribution in [1.29, 1.82) is 0 Å². The second-order valence-corrected chi connectivity index (χ2v) is 5.59. The van der Waals surface area contributed by atoms with Crippen molar-refractivity contribution in [1.82, 2.24) is 5.32 Å². The molecule has 0 aliphatic heterocycles. The van der Waals surface area contributed by atoms with E-state index >= 15 is 0 Å². The summed E-state index contributed by atoms with van der Waals surface area (Å²) in [7, 11) is 3.07. The molecule has 0 radical (unpaired) electrons. The zero-order chi connectivity index (χ0) is 16.0. The number of carbonyl (C=O) groups is 1. The number of anilines is 1. The zero-order valence-electron chi connectivity index (χ0n) is 12.6. The van der Waals surface area contributed by atoms with E-state index in [1.165, 1.54) is 7.11 Å². The Morgan fingerprint density at radius 3 is 2.38 bits per heavy atom. The van der Waals surface area contributed by atoms with Gasteiger partial charge in [-0.25, -0.2) is 4.79 Å². The quantitative estimate of drug-likeness (QED) is 0.728. The molecule has 0 aliphatic rings. The number of ether oxygens (including phenoxy) is 2. The Morgan fingerprint density at radius 2 is 1.86 bits per heavy atom. The predicted octanol–water partition coefficient (Wildman–Crippen LogP) is 2.60. The van der Waals surface area contributed by atoms with Gasteiger partial charge >= 0.3 is 6.03 Å². The van der Waals surface area contributed by atoms with Crippen molar-refractivity contribution < 1.29 is 19.4 Å². The first-order valence-corrected chi connectivity index (χ1v) is 7.32. The summed E-state index contributed by atoms with van der Waals surface area (Å²) in [6, 6.07) is 2.89. The molecule has 6 nitrogen and oxygen atoms in total. The molecular formula is C14H21BrN2O4. The number of nitrogens with one attached hydrogen (secondary N) is 2. The van der Waals surface area contributed by atoms with Gasteiger partial charge in [-0.15, -0.1) is 0 Å². The van der Waals surface area contributed by atoms with Crippen molar-refractivity contribution in [3.05, 3.63) is 16.6 Å². The molecule has 2 amide bonds. The minimum absolute atomic E-state index is 0.0154. The van der Waals surface area contributed by atoms with Crippen molar-refractivity contribution >= 4 is 27.6 Å². The van der Waals surface area contributed by atoms with Crippen LogP contribution in [-0.4, -0.2) is 38.0 Å². The molecule has 1 aromatic carbocycles. The fourth-order valence-corrected chi connectivity index (χ4v) is 2.04. The first kappa shape index (κ1) is 17.6. The molecule has 0 spiro atoms. The smallest absolute Gasteiger partial charge is 0.319 e. The van der Waals surface area contributed by atoms with E-state index < -0.39 is 0 Å². The van der Waals surface area contributed by atoms with E-state index in [0.717, 1.165) is 0 Å². The minimum atomic E-state index is -0.351. The van der Waals surface area contributed by atoms with Crippen LogP contribution < -0.4 is 20.1 Å². The molecule has 0 aromatic heterocycles. The Balaban J connectivity index is 2.81. The Labute approximate surface area is 133 Å². The van der Waals surface area contributed by atoms with Crippen molar-refractivity contribution in [3.63, 3.8) is 0 Å². The van der Waals surface area contributed by atoms with Gasteiger partial charge in [0.1, 0.15) is 0 Å². The molecule has 118 valence electrons. The highest BCUT2D eigenvalue weighted by Crippen LogP contribution is 2.36. The summed E-state index contributed by atoms with van der Waals surface area (Å²) < 4.78 is 11.1. The van der Waals surface area contributed by atoms with Crippen LogP contribution in [0.2, 0.25) is 0 Å². The largest absolute Gasteiger partial charge is 0.493 e. The Kier molecular flexibility index (Phi) is 6.77.